The largest absolute Gasteiger partial charge is 0.454 e. The fourth-order valence-corrected chi connectivity index (χ4v) is 3.43. The lowest BCUT2D eigenvalue weighted by molar-refractivity contribution is -0.121. The number of aromatic nitrogens is 2. The molecule has 2 amide bonds. The van der Waals surface area contributed by atoms with Gasteiger partial charge in [-0.15, -0.1) is 0 Å². The highest BCUT2D eigenvalue weighted by Gasteiger charge is 2.30. The van der Waals surface area contributed by atoms with Gasteiger partial charge in [0, 0.05) is 25.4 Å². The number of hydrogen-bond donors (Lipinski definition) is 1. The van der Waals surface area contributed by atoms with E-state index in [9.17, 15) is 9.59 Å². The fraction of sp³-hybridized carbons (Fsp3) is 0.273. The summed E-state index contributed by atoms with van der Waals surface area (Å²) in [4.78, 5) is 31.3. The average molecular weight is 406 g/mol. The second kappa shape index (κ2) is 8.77. The quantitative estimate of drug-likeness (QED) is 0.694. The molecule has 1 N–H and O–H groups in total. The van der Waals surface area contributed by atoms with Gasteiger partial charge in [0.15, 0.2) is 11.4 Å². The number of para-hydroxylation sites is 2. The molecule has 1 fully saturated rings. The van der Waals surface area contributed by atoms with Gasteiger partial charge in [-0.3, -0.25) is 14.6 Å². The lowest BCUT2D eigenvalue weighted by Gasteiger charge is -2.31. The molecule has 1 saturated heterocycles. The van der Waals surface area contributed by atoms with Crippen molar-refractivity contribution < 1.29 is 18.8 Å². The van der Waals surface area contributed by atoms with Gasteiger partial charge in [-0.2, -0.15) is 0 Å². The number of amides is 2. The summed E-state index contributed by atoms with van der Waals surface area (Å²) in [5, 5.41) is 6.74. The van der Waals surface area contributed by atoms with E-state index >= 15 is 0 Å². The molecule has 2 aromatic heterocycles. The van der Waals surface area contributed by atoms with Crippen LogP contribution in [0.1, 0.15) is 29.1 Å². The van der Waals surface area contributed by atoms with Crippen LogP contribution >= 0.6 is 0 Å². The molecular weight excluding hydrogens is 384 g/mol. The Morgan fingerprint density at radius 2 is 2.10 bits per heavy atom. The first-order chi connectivity index (χ1) is 14.6. The Hall–Kier alpha value is -3.68. The molecule has 154 valence electrons. The molecule has 30 heavy (non-hydrogen) atoms. The Labute approximate surface area is 173 Å². The maximum Gasteiger partial charge on any atom is 0.276 e. The van der Waals surface area contributed by atoms with Crippen molar-refractivity contribution in [1.29, 1.82) is 0 Å². The van der Waals surface area contributed by atoms with E-state index in [4.69, 9.17) is 9.26 Å². The lowest BCUT2D eigenvalue weighted by Crippen LogP contribution is -2.43. The highest BCUT2D eigenvalue weighted by molar-refractivity contribution is 5.96. The maximum absolute atomic E-state index is 12.9. The number of carbonyl (C=O) groups excluding carboxylic acids is 2. The Bertz CT molecular complexity index is 1030. The number of pyridine rings is 1. The van der Waals surface area contributed by atoms with E-state index in [1.165, 1.54) is 0 Å². The highest BCUT2D eigenvalue weighted by atomic mass is 16.5. The number of ether oxygens (including phenoxy) is 1. The van der Waals surface area contributed by atoms with Crippen LogP contribution in [0.25, 0.3) is 0 Å². The van der Waals surface area contributed by atoms with E-state index in [2.05, 4.69) is 15.5 Å². The number of aryl methyl sites for hydroxylation is 1. The lowest BCUT2D eigenvalue weighted by atomic mass is 9.96. The summed E-state index contributed by atoms with van der Waals surface area (Å²) in [5.74, 6) is 1.00. The number of nitrogens with one attached hydrogen (secondary N) is 1. The van der Waals surface area contributed by atoms with Crippen LogP contribution in [0.15, 0.2) is 59.4 Å². The van der Waals surface area contributed by atoms with Crippen molar-refractivity contribution in [3.63, 3.8) is 0 Å². The van der Waals surface area contributed by atoms with Crippen molar-refractivity contribution in [3.05, 3.63) is 66.3 Å². The van der Waals surface area contributed by atoms with Gasteiger partial charge in [0.1, 0.15) is 11.5 Å². The van der Waals surface area contributed by atoms with Crippen LogP contribution in [0.2, 0.25) is 0 Å². The van der Waals surface area contributed by atoms with Crippen molar-refractivity contribution in [2.75, 3.05) is 18.4 Å². The van der Waals surface area contributed by atoms with Gasteiger partial charge in [-0.25, -0.2) is 0 Å². The van der Waals surface area contributed by atoms with Crippen LogP contribution < -0.4 is 10.1 Å². The zero-order valence-electron chi connectivity index (χ0n) is 16.6. The molecule has 1 aliphatic rings. The van der Waals surface area contributed by atoms with Crippen molar-refractivity contribution in [2.45, 2.75) is 19.8 Å². The third kappa shape index (κ3) is 4.48. The van der Waals surface area contributed by atoms with E-state index in [1.54, 1.807) is 54.5 Å². The van der Waals surface area contributed by atoms with Gasteiger partial charge in [-0.1, -0.05) is 17.3 Å². The number of likely N-dealkylation sites (tertiary alicyclic amines) is 1. The van der Waals surface area contributed by atoms with E-state index in [1.807, 2.05) is 12.1 Å². The summed E-state index contributed by atoms with van der Waals surface area (Å²) in [7, 11) is 0. The highest BCUT2D eigenvalue weighted by Crippen LogP contribution is 2.30. The van der Waals surface area contributed by atoms with Gasteiger partial charge < -0.3 is 19.5 Å². The van der Waals surface area contributed by atoms with Gasteiger partial charge in [0.25, 0.3) is 5.91 Å². The third-order valence-corrected chi connectivity index (χ3v) is 4.93. The number of anilines is 1. The number of rotatable bonds is 5. The SMILES string of the molecule is Cc1cc(C(=O)N2CCCC(C(=O)Nc3ccccc3Oc3cccnc3)C2)no1. The molecule has 0 aliphatic carbocycles. The van der Waals surface area contributed by atoms with Crippen LogP contribution in [0, 0.1) is 12.8 Å². The van der Waals surface area contributed by atoms with Crippen LogP contribution in [-0.4, -0.2) is 39.9 Å². The molecule has 1 aliphatic heterocycles. The molecule has 1 atom stereocenters. The Morgan fingerprint density at radius 3 is 2.87 bits per heavy atom. The summed E-state index contributed by atoms with van der Waals surface area (Å²) >= 11 is 0. The molecule has 4 rings (SSSR count). The summed E-state index contributed by atoms with van der Waals surface area (Å²) in [6.45, 7) is 2.67. The molecule has 0 saturated carbocycles. The van der Waals surface area contributed by atoms with E-state index < -0.39 is 0 Å². The first-order valence-corrected chi connectivity index (χ1v) is 9.80. The normalized spacial score (nSPS) is 16.2. The predicted molar refractivity (Wildman–Crippen MR) is 109 cm³/mol. The maximum atomic E-state index is 12.9. The molecule has 0 radical (unpaired) electrons. The Morgan fingerprint density at radius 1 is 1.23 bits per heavy atom. The summed E-state index contributed by atoms with van der Waals surface area (Å²) < 4.78 is 10.9. The van der Waals surface area contributed by atoms with Crippen molar-refractivity contribution in [3.8, 4) is 11.5 Å². The van der Waals surface area contributed by atoms with Gasteiger partial charge in [0.05, 0.1) is 17.8 Å². The second-order valence-corrected chi connectivity index (χ2v) is 7.19. The van der Waals surface area contributed by atoms with Crippen molar-refractivity contribution in [1.82, 2.24) is 15.0 Å². The molecule has 0 spiro atoms. The minimum Gasteiger partial charge on any atom is -0.454 e. The van der Waals surface area contributed by atoms with Gasteiger partial charge in [-0.05, 0) is 44.0 Å². The zero-order chi connectivity index (χ0) is 20.9. The number of piperidine rings is 1. The standard InChI is InChI=1S/C22H22N4O4/c1-15-12-19(25-30-15)22(28)26-11-5-6-16(14-26)21(27)24-18-8-2-3-9-20(18)29-17-7-4-10-23-13-17/h2-4,7-10,12-13,16H,5-6,11,14H2,1H3,(H,24,27). The topological polar surface area (TPSA) is 97.6 Å². The average Bonchev–Trinajstić information content (AvgIpc) is 3.21. The van der Waals surface area contributed by atoms with Crippen molar-refractivity contribution in [2.24, 2.45) is 5.92 Å². The van der Waals surface area contributed by atoms with E-state index in [-0.39, 0.29) is 23.4 Å². The first-order valence-electron chi connectivity index (χ1n) is 9.80. The van der Waals surface area contributed by atoms with Crippen molar-refractivity contribution >= 4 is 17.5 Å². The van der Waals surface area contributed by atoms with Crippen LogP contribution in [0.4, 0.5) is 5.69 Å². The molecular formula is C22H22N4O4. The Balaban J connectivity index is 1.43. The predicted octanol–water partition coefficient (Wildman–Crippen LogP) is 3.66. The Kier molecular flexibility index (Phi) is 5.74. The monoisotopic (exact) mass is 406 g/mol. The van der Waals surface area contributed by atoms with Gasteiger partial charge in [0.2, 0.25) is 5.91 Å². The molecule has 8 heteroatoms. The second-order valence-electron chi connectivity index (χ2n) is 7.19. The minimum atomic E-state index is -0.317. The fourth-order valence-electron chi connectivity index (χ4n) is 3.43. The number of hydrogen-bond acceptors (Lipinski definition) is 6. The molecule has 3 heterocycles. The number of carbonyl (C=O) groups is 2. The molecule has 8 nitrogen and oxygen atoms in total. The van der Waals surface area contributed by atoms with Crippen LogP contribution in [0.3, 0.4) is 0 Å². The number of benzene rings is 1. The molecule has 3 aromatic rings. The zero-order valence-corrected chi connectivity index (χ0v) is 16.6. The third-order valence-electron chi connectivity index (χ3n) is 4.93. The van der Waals surface area contributed by atoms with Gasteiger partial charge >= 0.3 is 0 Å². The summed E-state index contributed by atoms with van der Waals surface area (Å²) in [6, 6.07) is 12.4. The minimum absolute atomic E-state index is 0.147. The number of nitrogens with zero attached hydrogens (tertiary/aromatic N) is 3. The smallest absolute Gasteiger partial charge is 0.276 e. The first kappa shape index (κ1) is 19.6. The summed E-state index contributed by atoms with van der Waals surface area (Å²) in [5.41, 5.74) is 0.839. The van der Waals surface area contributed by atoms with Crippen LogP contribution in [0.5, 0.6) is 11.5 Å². The van der Waals surface area contributed by atoms with E-state index in [0.29, 0.717) is 42.5 Å². The van der Waals surface area contributed by atoms with Crippen LogP contribution in [-0.2, 0) is 4.79 Å². The molecule has 1 aromatic carbocycles. The molecule has 1 unspecified atom stereocenters. The molecule has 0 bridgehead atoms. The van der Waals surface area contributed by atoms with E-state index in [0.717, 1.165) is 6.42 Å². The summed E-state index contributed by atoms with van der Waals surface area (Å²) in [6.07, 6.45) is 4.72.